The van der Waals surface area contributed by atoms with Crippen LogP contribution in [0.15, 0.2) is 40.9 Å². The number of ether oxygens (including phenoxy) is 1. The van der Waals surface area contributed by atoms with Crippen molar-refractivity contribution < 1.29 is 14.3 Å². The molecule has 4 nitrogen and oxygen atoms in total. The average molecular weight is 411 g/mol. The van der Waals surface area contributed by atoms with Crippen LogP contribution in [0.25, 0.3) is 0 Å². The van der Waals surface area contributed by atoms with Gasteiger partial charge in [0.25, 0.3) is 5.91 Å². The third-order valence-corrected chi connectivity index (χ3v) is 4.31. The molecule has 0 fully saturated rings. The predicted molar refractivity (Wildman–Crippen MR) is 98.6 cm³/mol. The number of halogens is 2. The first-order valence-corrected chi connectivity index (χ1v) is 8.60. The Kier molecular flexibility index (Phi) is 6.40. The maximum Gasteiger partial charge on any atom is 0.340 e. The minimum Gasteiger partial charge on any atom is -0.452 e. The second-order valence-electron chi connectivity index (χ2n) is 5.21. The van der Waals surface area contributed by atoms with Crippen molar-refractivity contribution >= 4 is 45.1 Å². The number of hydrogen-bond acceptors (Lipinski definition) is 3. The Balaban J connectivity index is 2.01. The van der Waals surface area contributed by atoms with Gasteiger partial charge in [-0.05, 0) is 42.7 Å². The number of anilines is 1. The fraction of sp³-hybridized carbons (Fsp3) is 0.222. The summed E-state index contributed by atoms with van der Waals surface area (Å²) in [4.78, 5) is 24.1. The van der Waals surface area contributed by atoms with Crippen LogP contribution in [0.1, 0.15) is 28.4 Å². The van der Waals surface area contributed by atoms with Gasteiger partial charge < -0.3 is 10.1 Å². The molecule has 0 aromatic heterocycles. The molecule has 0 heterocycles. The molecule has 126 valence electrons. The van der Waals surface area contributed by atoms with Crippen LogP contribution in [0.4, 0.5) is 5.69 Å². The van der Waals surface area contributed by atoms with Gasteiger partial charge in [-0.3, -0.25) is 4.79 Å². The Morgan fingerprint density at radius 3 is 2.71 bits per heavy atom. The van der Waals surface area contributed by atoms with Crippen molar-refractivity contribution in [2.24, 2.45) is 0 Å². The second kappa shape index (κ2) is 8.31. The topological polar surface area (TPSA) is 55.4 Å². The summed E-state index contributed by atoms with van der Waals surface area (Å²) in [6, 6.07) is 10.7. The van der Waals surface area contributed by atoms with Crippen LogP contribution < -0.4 is 5.32 Å². The van der Waals surface area contributed by atoms with Crippen LogP contribution in [-0.2, 0) is 16.0 Å². The molecule has 2 aromatic carbocycles. The minimum atomic E-state index is -0.642. The van der Waals surface area contributed by atoms with Gasteiger partial charge >= 0.3 is 5.97 Å². The quantitative estimate of drug-likeness (QED) is 0.722. The zero-order chi connectivity index (χ0) is 17.7. The molecule has 0 bridgehead atoms. The minimum absolute atomic E-state index is 0.212. The van der Waals surface area contributed by atoms with E-state index in [1.807, 2.05) is 32.0 Å². The summed E-state index contributed by atoms with van der Waals surface area (Å²) in [7, 11) is 0. The monoisotopic (exact) mass is 409 g/mol. The molecule has 1 N–H and O–H groups in total. The molecule has 0 aliphatic heterocycles. The Bertz CT molecular complexity index is 777. The molecular weight excluding hydrogens is 394 g/mol. The molecule has 2 aromatic rings. The molecule has 24 heavy (non-hydrogen) atoms. The Labute approximate surface area is 154 Å². The second-order valence-corrected chi connectivity index (χ2v) is 6.53. The highest BCUT2D eigenvalue weighted by Crippen LogP contribution is 2.22. The maximum absolute atomic E-state index is 12.1. The standard InChI is InChI=1S/C18H17BrClNO3/c1-3-12-6-4-5-11(2)17(12)21-16(22)10-24-18(23)14-9-13(19)7-8-15(14)20/h4-9H,3,10H2,1-2H3,(H,21,22). The molecule has 0 atom stereocenters. The first-order valence-electron chi connectivity index (χ1n) is 7.43. The van der Waals surface area contributed by atoms with Gasteiger partial charge in [0.2, 0.25) is 0 Å². The van der Waals surface area contributed by atoms with Crippen molar-refractivity contribution in [2.45, 2.75) is 20.3 Å². The SMILES string of the molecule is CCc1cccc(C)c1NC(=O)COC(=O)c1cc(Br)ccc1Cl. The zero-order valence-corrected chi connectivity index (χ0v) is 15.7. The highest BCUT2D eigenvalue weighted by atomic mass is 79.9. The number of carbonyl (C=O) groups excluding carboxylic acids is 2. The van der Waals surface area contributed by atoms with Crippen LogP contribution in [0.3, 0.4) is 0 Å². The Morgan fingerprint density at radius 1 is 1.25 bits per heavy atom. The lowest BCUT2D eigenvalue weighted by Gasteiger charge is -2.13. The normalized spacial score (nSPS) is 10.3. The highest BCUT2D eigenvalue weighted by molar-refractivity contribution is 9.10. The molecule has 0 aliphatic carbocycles. The number of hydrogen-bond donors (Lipinski definition) is 1. The van der Waals surface area contributed by atoms with Gasteiger partial charge in [0.05, 0.1) is 10.6 Å². The number of nitrogens with one attached hydrogen (secondary N) is 1. The molecule has 1 amide bonds. The summed E-state index contributed by atoms with van der Waals surface area (Å²) in [5.41, 5.74) is 2.97. The molecule has 0 radical (unpaired) electrons. The third-order valence-electron chi connectivity index (χ3n) is 3.49. The molecule has 0 saturated carbocycles. The van der Waals surface area contributed by atoms with E-state index in [2.05, 4.69) is 21.2 Å². The number of rotatable bonds is 5. The third kappa shape index (κ3) is 4.58. The van der Waals surface area contributed by atoms with Gasteiger partial charge in [-0.25, -0.2) is 4.79 Å². The van der Waals surface area contributed by atoms with Crippen LogP contribution in [0.2, 0.25) is 5.02 Å². The number of carbonyl (C=O) groups is 2. The summed E-state index contributed by atoms with van der Waals surface area (Å²) in [5, 5.41) is 3.08. The summed E-state index contributed by atoms with van der Waals surface area (Å²) < 4.78 is 5.76. The molecular formula is C18H17BrClNO3. The largest absolute Gasteiger partial charge is 0.452 e. The predicted octanol–water partition coefficient (Wildman–Crippen LogP) is 4.77. The van der Waals surface area contributed by atoms with E-state index in [4.69, 9.17) is 16.3 Å². The van der Waals surface area contributed by atoms with E-state index in [9.17, 15) is 9.59 Å². The van der Waals surface area contributed by atoms with Gasteiger partial charge in [0.1, 0.15) is 0 Å². The van der Waals surface area contributed by atoms with E-state index in [-0.39, 0.29) is 17.2 Å². The van der Waals surface area contributed by atoms with Gasteiger partial charge in [-0.15, -0.1) is 0 Å². The van der Waals surface area contributed by atoms with Crippen LogP contribution in [0.5, 0.6) is 0 Å². The maximum atomic E-state index is 12.1. The van der Waals surface area contributed by atoms with Gasteiger partial charge in [0.15, 0.2) is 6.61 Å². The fourth-order valence-electron chi connectivity index (χ4n) is 2.24. The van der Waals surface area contributed by atoms with Crippen molar-refractivity contribution in [3.63, 3.8) is 0 Å². The smallest absolute Gasteiger partial charge is 0.340 e. The number of benzene rings is 2. The van der Waals surface area contributed by atoms with Gasteiger partial charge in [0, 0.05) is 10.2 Å². The van der Waals surface area contributed by atoms with Gasteiger partial charge in [-0.1, -0.05) is 52.7 Å². The molecule has 0 spiro atoms. The van der Waals surface area contributed by atoms with Crippen molar-refractivity contribution in [3.05, 3.63) is 62.6 Å². The number of para-hydroxylation sites is 1. The number of aryl methyl sites for hydroxylation is 2. The Hall–Kier alpha value is -1.85. The van der Waals surface area contributed by atoms with Crippen LogP contribution >= 0.6 is 27.5 Å². The van der Waals surface area contributed by atoms with Gasteiger partial charge in [-0.2, -0.15) is 0 Å². The molecule has 2 rings (SSSR count). The van der Waals surface area contributed by atoms with E-state index >= 15 is 0 Å². The summed E-state index contributed by atoms with van der Waals surface area (Å²) in [6.07, 6.45) is 0.796. The summed E-state index contributed by atoms with van der Waals surface area (Å²) in [6.45, 7) is 3.56. The lowest BCUT2D eigenvalue weighted by molar-refractivity contribution is -0.119. The van der Waals surface area contributed by atoms with E-state index < -0.39 is 11.9 Å². The van der Waals surface area contributed by atoms with Crippen molar-refractivity contribution in [1.82, 2.24) is 0 Å². The first-order chi connectivity index (χ1) is 11.4. The molecule has 6 heteroatoms. The van der Waals surface area contributed by atoms with Crippen molar-refractivity contribution in [1.29, 1.82) is 0 Å². The molecule has 0 saturated heterocycles. The average Bonchev–Trinajstić information content (AvgIpc) is 2.56. The van der Waals surface area contributed by atoms with E-state index in [1.54, 1.807) is 18.2 Å². The first kappa shape index (κ1) is 18.5. The van der Waals surface area contributed by atoms with Crippen molar-refractivity contribution in [3.8, 4) is 0 Å². The van der Waals surface area contributed by atoms with Crippen LogP contribution in [-0.4, -0.2) is 18.5 Å². The molecule has 0 aliphatic rings. The summed E-state index contributed by atoms with van der Waals surface area (Å²) >= 11 is 9.24. The van der Waals surface area contributed by atoms with E-state index in [0.717, 1.165) is 23.2 Å². The fourth-order valence-corrected chi connectivity index (χ4v) is 2.80. The van der Waals surface area contributed by atoms with E-state index in [0.29, 0.717) is 4.47 Å². The lowest BCUT2D eigenvalue weighted by Crippen LogP contribution is -2.22. The zero-order valence-electron chi connectivity index (χ0n) is 13.4. The number of esters is 1. The lowest BCUT2D eigenvalue weighted by atomic mass is 10.1. The summed E-state index contributed by atoms with van der Waals surface area (Å²) in [5.74, 6) is -1.03. The Morgan fingerprint density at radius 2 is 2.00 bits per heavy atom. The molecule has 0 unspecified atom stereocenters. The number of amides is 1. The van der Waals surface area contributed by atoms with Crippen molar-refractivity contribution in [2.75, 3.05) is 11.9 Å². The van der Waals surface area contributed by atoms with E-state index in [1.165, 1.54) is 0 Å². The van der Waals surface area contributed by atoms with Crippen LogP contribution in [0, 0.1) is 6.92 Å². The highest BCUT2D eigenvalue weighted by Gasteiger charge is 2.15.